The fourth-order valence-electron chi connectivity index (χ4n) is 2.95. The van der Waals surface area contributed by atoms with Gasteiger partial charge in [0.25, 0.3) is 0 Å². The number of hydrogen-bond acceptors (Lipinski definition) is 6. The van der Waals surface area contributed by atoms with Crippen LogP contribution < -0.4 is 10.5 Å². The molecule has 0 atom stereocenters. The van der Waals surface area contributed by atoms with Gasteiger partial charge < -0.3 is 20.1 Å². The van der Waals surface area contributed by atoms with E-state index in [9.17, 15) is 5.11 Å². The fourth-order valence-corrected chi connectivity index (χ4v) is 3.22. The second-order valence-electron chi connectivity index (χ2n) is 6.57. The Morgan fingerprint density at radius 2 is 2.07 bits per heavy atom. The molecule has 3 rings (SSSR count). The second kappa shape index (κ2) is 7.30. The first-order valence-electron chi connectivity index (χ1n) is 8.38. The number of nitrogens with two attached hydrogens (primary N) is 1. The van der Waals surface area contributed by atoms with E-state index in [4.69, 9.17) is 22.1 Å². The lowest BCUT2D eigenvalue weighted by molar-refractivity contribution is 0.199. The summed E-state index contributed by atoms with van der Waals surface area (Å²) in [5.41, 5.74) is 7.87. The summed E-state index contributed by atoms with van der Waals surface area (Å²) in [7, 11) is 1.63. The SMILES string of the molecule is [CH2]C([CH2])(O)C#Cc1cn(Cc2ncc(C)c(OC)c2C)c2nc(N)nc(Cl)c12. The number of nitrogen functional groups attached to an aromatic ring is 1. The first kappa shape index (κ1) is 19.9. The van der Waals surface area contributed by atoms with Crippen molar-refractivity contribution in [3.05, 3.63) is 53.8 Å². The number of halogens is 1. The molecule has 3 aromatic heterocycles. The summed E-state index contributed by atoms with van der Waals surface area (Å²) in [6.07, 6.45) is 3.52. The van der Waals surface area contributed by atoms with E-state index in [2.05, 4.69) is 40.6 Å². The van der Waals surface area contributed by atoms with Gasteiger partial charge in [-0.2, -0.15) is 4.98 Å². The quantitative estimate of drug-likeness (QED) is 0.520. The Balaban J connectivity index is 2.18. The predicted molar refractivity (Wildman–Crippen MR) is 109 cm³/mol. The summed E-state index contributed by atoms with van der Waals surface area (Å²) in [6, 6.07) is 0. The molecule has 28 heavy (non-hydrogen) atoms. The van der Waals surface area contributed by atoms with Gasteiger partial charge in [-0.15, -0.1) is 0 Å². The van der Waals surface area contributed by atoms with Crippen LogP contribution in [0, 0.1) is 39.5 Å². The lowest BCUT2D eigenvalue weighted by Gasteiger charge is -2.13. The minimum Gasteiger partial charge on any atom is -0.496 e. The molecule has 3 heterocycles. The zero-order valence-electron chi connectivity index (χ0n) is 15.9. The summed E-state index contributed by atoms with van der Waals surface area (Å²) in [5, 5.41) is 10.4. The van der Waals surface area contributed by atoms with Gasteiger partial charge in [0.05, 0.1) is 30.3 Å². The van der Waals surface area contributed by atoms with E-state index < -0.39 is 5.60 Å². The van der Waals surface area contributed by atoms with Crippen molar-refractivity contribution in [2.45, 2.75) is 26.0 Å². The van der Waals surface area contributed by atoms with Crippen LogP contribution in [0.4, 0.5) is 5.95 Å². The lowest BCUT2D eigenvalue weighted by Crippen LogP contribution is -2.15. The molecule has 0 spiro atoms. The molecular weight excluding hydrogens is 378 g/mol. The number of nitrogens with zero attached hydrogens (tertiary/aromatic N) is 4. The van der Waals surface area contributed by atoms with Gasteiger partial charge in [-0.3, -0.25) is 4.98 Å². The van der Waals surface area contributed by atoms with Gasteiger partial charge in [0.1, 0.15) is 22.2 Å². The standard InChI is InChI=1S/C20H20ClN5O2/c1-11-8-23-14(12(2)16(11)28-5)10-26-9-13(6-7-20(3,4)27)15-17(21)24-19(22)25-18(15)26/h8-9,27H,3-4,10H2,1-2,5H3,(H2,22,24,25). The second-order valence-corrected chi connectivity index (χ2v) is 6.93. The maximum absolute atomic E-state index is 9.72. The van der Waals surface area contributed by atoms with E-state index in [0.29, 0.717) is 23.1 Å². The number of pyridine rings is 1. The highest BCUT2D eigenvalue weighted by atomic mass is 35.5. The zero-order chi connectivity index (χ0) is 20.6. The molecule has 0 unspecified atom stereocenters. The molecule has 3 N–H and O–H groups in total. The molecule has 0 saturated carbocycles. The summed E-state index contributed by atoms with van der Waals surface area (Å²) >= 11 is 6.29. The van der Waals surface area contributed by atoms with Crippen molar-refractivity contribution in [3.63, 3.8) is 0 Å². The number of methoxy groups -OCH3 is 1. The Kier molecular flexibility index (Phi) is 5.20. The number of ether oxygens (including phenoxy) is 1. The third kappa shape index (κ3) is 3.88. The largest absolute Gasteiger partial charge is 0.496 e. The average molecular weight is 398 g/mol. The Hall–Kier alpha value is -2.82. The van der Waals surface area contributed by atoms with Gasteiger partial charge in [0.2, 0.25) is 5.95 Å². The molecule has 0 aromatic carbocycles. The van der Waals surface area contributed by atoms with Crippen molar-refractivity contribution in [2.75, 3.05) is 12.8 Å². The molecule has 0 aliphatic carbocycles. The summed E-state index contributed by atoms with van der Waals surface area (Å²) in [6.45, 7) is 11.2. The van der Waals surface area contributed by atoms with E-state index in [1.807, 2.05) is 18.4 Å². The predicted octanol–water partition coefficient (Wildman–Crippen LogP) is 2.49. The monoisotopic (exact) mass is 397 g/mol. The molecule has 0 aliphatic heterocycles. The molecule has 0 fully saturated rings. The van der Waals surface area contributed by atoms with E-state index in [1.54, 1.807) is 19.5 Å². The first-order chi connectivity index (χ1) is 13.1. The molecule has 2 radical (unpaired) electrons. The van der Waals surface area contributed by atoms with Crippen LogP contribution in [0.25, 0.3) is 11.0 Å². The highest BCUT2D eigenvalue weighted by Crippen LogP contribution is 2.29. The number of anilines is 1. The van der Waals surface area contributed by atoms with Crippen LogP contribution in [0.1, 0.15) is 22.4 Å². The Bertz CT molecular complexity index is 1120. The third-order valence-electron chi connectivity index (χ3n) is 4.19. The number of aryl methyl sites for hydroxylation is 1. The van der Waals surface area contributed by atoms with Crippen LogP contribution in [-0.4, -0.2) is 37.3 Å². The molecule has 0 amide bonds. The zero-order valence-corrected chi connectivity index (χ0v) is 16.6. The van der Waals surface area contributed by atoms with Crippen LogP contribution >= 0.6 is 11.6 Å². The Morgan fingerprint density at radius 3 is 2.71 bits per heavy atom. The first-order valence-corrected chi connectivity index (χ1v) is 8.75. The molecular formula is C20H20ClN5O2. The van der Waals surface area contributed by atoms with Crippen LogP contribution in [-0.2, 0) is 6.54 Å². The van der Waals surface area contributed by atoms with Crippen LogP contribution in [0.15, 0.2) is 12.4 Å². The molecule has 0 saturated heterocycles. The van der Waals surface area contributed by atoms with Gasteiger partial charge in [0.15, 0.2) is 0 Å². The summed E-state index contributed by atoms with van der Waals surface area (Å²) in [4.78, 5) is 12.8. The number of hydrogen-bond donors (Lipinski definition) is 2. The van der Waals surface area contributed by atoms with Crippen molar-refractivity contribution >= 4 is 28.6 Å². The highest BCUT2D eigenvalue weighted by Gasteiger charge is 2.17. The van der Waals surface area contributed by atoms with Gasteiger partial charge in [-0.05, 0) is 27.7 Å². The molecule has 8 heteroatoms. The summed E-state index contributed by atoms with van der Waals surface area (Å²) in [5.74, 6) is 6.25. The Morgan fingerprint density at radius 1 is 1.36 bits per heavy atom. The van der Waals surface area contributed by atoms with E-state index in [1.165, 1.54) is 0 Å². The smallest absolute Gasteiger partial charge is 0.223 e. The number of fused-ring (bicyclic) bond motifs is 1. The van der Waals surface area contributed by atoms with Crippen LogP contribution in [0.3, 0.4) is 0 Å². The van der Waals surface area contributed by atoms with Gasteiger partial charge in [0, 0.05) is 23.5 Å². The molecule has 0 aliphatic rings. The van der Waals surface area contributed by atoms with E-state index >= 15 is 0 Å². The van der Waals surface area contributed by atoms with Gasteiger partial charge in [-0.25, -0.2) is 4.98 Å². The number of aromatic nitrogens is 4. The maximum Gasteiger partial charge on any atom is 0.223 e. The molecule has 0 bridgehead atoms. The van der Waals surface area contributed by atoms with Gasteiger partial charge >= 0.3 is 0 Å². The lowest BCUT2D eigenvalue weighted by atomic mass is 10.1. The normalized spacial score (nSPS) is 11.4. The Labute approximate surface area is 168 Å². The fraction of sp³-hybridized carbons (Fsp3) is 0.250. The van der Waals surface area contributed by atoms with Crippen molar-refractivity contribution < 1.29 is 9.84 Å². The molecule has 7 nitrogen and oxygen atoms in total. The summed E-state index contributed by atoms with van der Waals surface area (Å²) < 4.78 is 7.31. The third-order valence-corrected chi connectivity index (χ3v) is 4.46. The number of aliphatic hydroxyl groups is 1. The molecule has 144 valence electrons. The highest BCUT2D eigenvalue weighted by molar-refractivity contribution is 6.34. The number of rotatable bonds is 3. The van der Waals surface area contributed by atoms with Crippen molar-refractivity contribution in [3.8, 4) is 17.6 Å². The maximum atomic E-state index is 9.72. The van der Waals surface area contributed by atoms with Crippen LogP contribution in [0.5, 0.6) is 5.75 Å². The van der Waals surface area contributed by atoms with Crippen molar-refractivity contribution in [1.82, 2.24) is 19.5 Å². The van der Waals surface area contributed by atoms with Crippen molar-refractivity contribution in [1.29, 1.82) is 0 Å². The van der Waals surface area contributed by atoms with Crippen LogP contribution in [0.2, 0.25) is 5.15 Å². The minimum absolute atomic E-state index is 0.0494. The van der Waals surface area contributed by atoms with E-state index in [0.717, 1.165) is 22.6 Å². The molecule has 3 aromatic rings. The average Bonchev–Trinajstić information content (AvgIpc) is 2.93. The minimum atomic E-state index is -1.64. The van der Waals surface area contributed by atoms with E-state index in [-0.39, 0.29) is 11.1 Å². The van der Waals surface area contributed by atoms with Gasteiger partial charge in [-0.1, -0.05) is 23.4 Å². The van der Waals surface area contributed by atoms with Crippen molar-refractivity contribution in [2.24, 2.45) is 0 Å². The topological polar surface area (TPSA) is 99.1 Å².